The van der Waals surface area contributed by atoms with Crippen molar-refractivity contribution in [2.45, 2.75) is 25.3 Å². The number of amides is 2. The van der Waals surface area contributed by atoms with Crippen LogP contribution in [0.15, 0.2) is 0 Å². The van der Waals surface area contributed by atoms with Crippen LogP contribution in [-0.2, 0) is 23.9 Å². The second kappa shape index (κ2) is 10.1. The first-order valence-electron chi connectivity index (χ1n) is 5.81. The summed E-state index contributed by atoms with van der Waals surface area (Å²) < 4.78 is 4.40. The van der Waals surface area contributed by atoms with Crippen molar-refractivity contribution >= 4 is 35.5 Å². The van der Waals surface area contributed by atoms with E-state index in [1.54, 1.807) is 0 Å². The molecule has 20 heavy (non-hydrogen) atoms. The zero-order valence-electron chi connectivity index (χ0n) is 11.1. The average molecular weight is 306 g/mol. The largest absolute Gasteiger partial charge is 0.480 e. The molecule has 0 aliphatic rings. The lowest BCUT2D eigenvalue weighted by atomic mass is 10.1. The van der Waals surface area contributed by atoms with Crippen molar-refractivity contribution in [1.29, 1.82) is 0 Å². The molecule has 9 heteroatoms. The van der Waals surface area contributed by atoms with E-state index in [1.165, 1.54) is 18.9 Å². The van der Waals surface area contributed by atoms with Crippen molar-refractivity contribution < 1.29 is 29.0 Å². The molecule has 0 saturated heterocycles. The zero-order chi connectivity index (χ0) is 15.5. The maximum absolute atomic E-state index is 11.5. The fraction of sp³-hybridized carbons (Fsp3) is 0.636. The summed E-state index contributed by atoms with van der Waals surface area (Å²) in [5.74, 6) is -2.22. The molecule has 0 fully saturated rings. The Morgan fingerprint density at radius 1 is 1.30 bits per heavy atom. The van der Waals surface area contributed by atoms with E-state index in [2.05, 4.69) is 10.1 Å². The number of nitrogens with two attached hydrogens (primary N) is 1. The van der Waals surface area contributed by atoms with Gasteiger partial charge in [-0.3, -0.25) is 14.4 Å². The number of rotatable bonds is 10. The van der Waals surface area contributed by atoms with Gasteiger partial charge in [0, 0.05) is 18.6 Å². The van der Waals surface area contributed by atoms with Crippen LogP contribution in [0.25, 0.3) is 0 Å². The first-order chi connectivity index (χ1) is 9.36. The van der Waals surface area contributed by atoms with Crippen molar-refractivity contribution in [3.8, 4) is 0 Å². The second-order valence-corrected chi connectivity index (χ2v) is 4.95. The van der Waals surface area contributed by atoms with Crippen LogP contribution in [0.3, 0.4) is 0 Å². The lowest BCUT2D eigenvalue weighted by Gasteiger charge is -2.13. The van der Waals surface area contributed by atoms with Crippen LogP contribution in [0.1, 0.15) is 19.3 Å². The van der Waals surface area contributed by atoms with Gasteiger partial charge in [-0.2, -0.15) is 11.8 Å². The normalized spacial score (nSPS) is 11.4. The number of carboxylic acids is 1. The minimum Gasteiger partial charge on any atom is -0.480 e. The summed E-state index contributed by atoms with van der Waals surface area (Å²) in [6, 6.07) is -1.14. The van der Waals surface area contributed by atoms with E-state index in [0.29, 0.717) is 5.75 Å². The van der Waals surface area contributed by atoms with E-state index in [0.717, 1.165) is 0 Å². The number of aliphatic carboxylic acids is 1. The summed E-state index contributed by atoms with van der Waals surface area (Å²) >= 11 is 1.19. The van der Waals surface area contributed by atoms with Gasteiger partial charge in [0.1, 0.15) is 6.04 Å². The highest BCUT2D eigenvalue weighted by Crippen LogP contribution is 2.03. The van der Waals surface area contributed by atoms with Crippen LogP contribution in [0.2, 0.25) is 0 Å². The third-order valence-electron chi connectivity index (χ3n) is 2.22. The van der Waals surface area contributed by atoms with Gasteiger partial charge in [-0.25, -0.2) is 4.79 Å². The van der Waals surface area contributed by atoms with E-state index in [-0.39, 0.29) is 25.0 Å². The third kappa shape index (κ3) is 9.20. The number of thioether (sulfide) groups is 1. The van der Waals surface area contributed by atoms with Gasteiger partial charge in [-0.15, -0.1) is 0 Å². The molecule has 0 heterocycles. The van der Waals surface area contributed by atoms with Gasteiger partial charge in [-0.1, -0.05) is 0 Å². The molecule has 0 aromatic rings. The number of carbonyl (C=O) groups excluding carboxylic acids is 3. The standard InChI is InChI=1S/C11H18N2O6S/c1-19-10(16)3-2-7(11(17)18)13-9(15)4-5-20-6-8(12)14/h7H,2-6H2,1H3,(H2,12,14)(H,13,15)(H,17,18)/t7-/m0/s1. The number of primary amides is 1. The Morgan fingerprint density at radius 2 is 1.95 bits per heavy atom. The molecule has 0 radical (unpaired) electrons. The Labute approximate surface area is 120 Å². The molecule has 2 amide bonds. The molecule has 114 valence electrons. The van der Waals surface area contributed by atoms with Crippen molar-refractivity contribution in [2.24, 2.45) is 5.73 Å². The van der Waals surface area contributed by atoms with Crippen LogP contribution in [0, 0.1) is 0 Å². The smallest absolute Gasteiger partial charge is 0.326 e. The summed E-state index contributed by atoms with van der Waals surface area (Å²) in [6.07, 6.45) is -0.0632. The maximum atomic E-state index is 11.5. The van der Waals surface area contributed by atoms with Gasteiger partial charge in [-0.05, 0) is 6.42 Å². The molecule has 4 N–H and O–H groups in total. The first kappa shape index (κ1) is 18.2. The maximum Gasteiger partial charge on any atom is 0.326 e. The van der Waals surface area contributed by atoms with Gasteiger partial charge >= 0.3 is 11.9 Å². The van der Waals surface area contributed by atoms with E-state index >= 15 is 0 Å². The Morgan fingerprint density at radius 3 is 2.45 bits per heavy atom. The minimum atomic E-state index is -1.22. The number of ether oxygens (including phenoxy) is 1. The summed E-state index contributed by atoms with van der Waals surface area (Å²) in [5.41, 5.74) is 4.93. The highest BCUT2D eigenvalue weighted by atomic mass is 32.2. The first-order valence-corrected chi connectivity index (χ1v) is 6.97. The van der Waals surface area contributed by atoms with Crippen LogP contribution >= 0.6 is 11.8 Å². The van der Waals surface area contributed by atoms with Crippen LogP contribution in [-0.4, -0.2) is 53.5 Å². The number of nitrogens with one attached hydrogen (secondary N) is 1. The van der Waals surface area contributed by atoms with Gasteiger partial charge < -0.3 is 20.9 Å². The predicted molar refractivity (Wildman–Crippen MR) is 72.0 cm³/mol. The number of methoxy groups -OCH3 is 1. The van der Waals surface area contributed by atoms with Gasteiger partial charge in [0.25, 0.3) is 0 Å². The summed E-state index contributed by atoms with van der Waals surface area (Å²) in [4.78, 5) is 43.8. The van der Waals surface area contributed by atoms with E-state index in [9.17, 15) is 19.2 Å². The van der Waals surface area contributed by atoms with Gasteiger partial charge in [0.2, 0.25) is 11.8 Å². The molecule has 1 atom stereocenters. The molecule has 0 bridgehead atoms. The summed E-state index contributed by atoms with van der Waals surface area (Å²) in [6.45, 7) is 0. The number of hydrogen-bond donors (Lipinski definition) is 3. The third-order valence-corrected chi connectivity index (χ3v) is 3.20. The number of carbonyl (C=O) groups is 4. The molecule has 0 aliphatic heterocycles. The monoisotopic (exact) mass is 306 g/mol. The number of carboxylic acid groups (broad SMARTS) is 1. The van der Waals surface area contributed by atoms with E-state index < -0.39 is 29.8 Å². The average Bonchev–Trinajstić information content (AvgIpc) is 2.38. The molecule has 0 rings (SSSR count). The van der Waals surface area contributed by atoms with Gasteiger partial charge in [0.15, 0.2) is 0 Å². The molecule has 0 unspecified atom stereocenters. The molecule has 8 nitrogen and oxygen atoms in total. The molecule has 0 aliphatic carbocycles. The van der Waals surface area contributed by atoms with Gasteiger partial charge in [0.05, 0.1) is 12.9 Å². The highest BCUT2D eigenvalue weighted by molar-refractivity contribution is 7.99. The van der Waals surface area contributed by atoms with Crippen molar-refractivity contribution in [3.63, 3.8) is 0 Å². The molecular weight excluding hydrogens is 288 g/mol. The fourth-order valence-corrected chi connectivity index (χ4v) is 1.90. The molecule has 0 aromatic heterocycles. The number of hydrogen-bond acceptors (Lipinski definition) is 6. The molecule has 0 saturated carbocycles. The predicted octanol–water partition coefficient (Wildman–Crippen LogP) is -0.882. The minimum absolute atomic E-state index is 0.0395. The van der Waals surface area contributed by atoms with E-state index in [1.807, 2.05) is 0 Å². The highest BCUT2D eigenvalue weighted by Gasteiger charge is 2.20. The summed E-state index contributed by atoms with van der Waals surface area (Å²) in [7, 11) is 1.20. The number of esters is 1. The molecule has 0 spiro atoms. The Hall–Kier alpha value is -1.77. The lowest BCUT2D eigenvalue weighted by Crippen LogP contribution is -2.41. The topological polar surface area (TPSA) is 136 Å². The van der Waals surface area contributed by atoms with Crippen LogP contribution in [0.4, 0.5) is 0 Å². The Bertz CT molecular complexity index is 374. The van der Waals surface area contributed by atoms with E-state index in [4.69, 9.17) is 10.8 Å². The van der Waals surface area contributed by atoms with Crippen LogP contribution < -0.4 is 11.1 Å². The molecular formula is C11H18N2O6S. The Balaban J connectivity index is 4.04. The summed E-state index contributed by atoms with van der Waals surface area (Å²) in [5, 5.41) is 11.2. The second-order valence-electron chi connectivity index (χ2n) is 3.84. The SMILES string of the molecule is COC(=O)CC[C@H](NC(=O)CCSCC(N)=O)C(=O)O. The molecule has 0 aromatic carbocycles. The van der Waals surface area contributed by atoms with Crippen molar-refractivity contribution in [1.82, 2.24) is 5.32 Å². The zero-order valence-corrected chi connectivity index (χ0v) is 11.9. The van der Waals surface area contributed by atoms with Crippen molar-refractivity contribution in [3.05, 3.63) is 0 Å². The Kier molecular flexibility index (Phi) is 9.18. The fourth-order valence-electron chi connectivity index (χ4n) is 1.23. The quantitative estimate of drug-likeness (QED) is 0.352. The van der Waals surface area contributed by atoms with Crippen molar-refractivity contribution in [2.75, 3.05) is 18.6 Å². The lowest BCUT2D eigenvalue weighted by molar-refractivity contribution is -0.144. The van der Waals surface area contributed by atoms with Crippen LogP contribution in [0.5, 0.6) is 0 Å².